The van der Waals surface area contributed by atoms with Crippen LogP contribution < -0.4 is 11.3 Å². The van der Waals surface area contributed by atoms with Gasteiger partial charge in [-0.2, -0.15) is 0 Å². The van der Waals surface area contributed by atoms with E-state index in [0.717, 1.165) is 47.3 Å². The molecule has 1 N–H and O–H groups in total. The molecule has 198 valence electrons. The number of thiocarbonyl (C=S) groups is 1. The van der Waals surface area contributed by atoms with Gasteiger partial charge in [-0.15, -0.1) is 0 Å². The summed E-state index contributed by atoms with van der Waals surface area (Å²) in [6.07, 6.45) is 2.95. The molecule has 0 aliphatic carbocycles. The average molecular weight is 534 g/mol. The highest BCUT2D eigenvalue weighted by molar-refractivity contribution is 7.80. The topological polar surface area (TPSA) is 106 Å². The molecule has 2 heterocycles. The monoisotopic (exact) mass is 533 g/mol. The van der Waals surface area contributed by atoms with Crippen LogP contribution >= 0.6 is 12.2 Å². The summed E-state index contributed by atoms with van der Waals surface area (Å²) in [5.74, 6) is 0.542. The van der Waals surface area contributed by atoms with Gasteiger partial charge in [-0.25, -0.2) is 9.78 Å². The number of benzene rings is 2. The number of unbranched alkanes of at least 4 members (excludes halogenated alkanes) is 1. The van der Waals surface area contributed by atoms with Crippen LogP contribution in [0.1, 0.15) is 42.4 Å². The van der Waals surface area contributed by atoms with Crippen molar-refractivity contribution in [2.24, 2.45) is 0 Å². The Labute approximate surface area is 226 Å². The van der Waals surface area contributed by atoms with Crippen LogP contribution in [0.4, 0.5) is 0 Å². The van der Waals surface area contributed by atoms with Crippen LogP contribution in [0.3, 0.4) is 0 Å². The predicted octanol–water partition coefficient (Wildman–Crippen LogP) is 4.32. The molecule has 0 unspecified atom stereocenters. The molecule has 0 atom stereocenters. The van der Waals surface area contributed by atoms with Crippen molar-refractivity contribution in [3.8, 4) is 22.5 Å². The molecular weight excluding hydrogens is 502 g/mol. The van der Waals surface area contributed by atoms with E-state index in [1.165, 1.54) is 12.2 Å². The van der Waals surface area contributed by atoms with Crippen molar-refractivity contribution in [3.63, 3.8) is 0 Å². The fourth-order valence-electron chi connectivity index (χ4n) is 4.27. The van der Waals surface area contributed by atoms with Crippen LogP contribution in [0.25, 0.3) is 22.5 Å². The second kappa shape index (κ2) is 12.1. The molecule has 0 amide bonds. The predicted molar refractivity (Wildman–Crippen MR) is 150 cm³/mol. The largest absolute Gasteiger partial charge is 0.439 e. The third-order valence-electron chi connectivity index (χ3n) is 6.48. The maximum atomic E-state index is 13.7. The summed E-state index contributed by atoms with van der Waals surface area (Å²) in [5, 5.41) is 5.31. The third kappa shape index (κ3) is 5.98. The fraction of sp³-hybridized carbons (Fsp3) is 0.321. The summed E-state index contributed by atoms with van der Waals surface area (Å²) in [7, 11) is 3.26. The molecule has 4 rings (SSSR count). The second-order valence-electron chi connectivity index (χ2n) is 9.02. The molecule has 0 fully saturated rings. The summed E-state index contributed by atoms with van der Waals surface area (Å²) in [6, 6.07) is 15.6. The number of likely N-dealkylation sites (N-methyl/N-ethyl adjacent to an activating group) is 1. The number of rotatable bonds is 10. The molecular formula is C28H31N5O4S. The van der Waals surface area contributed by atoms with Crippen LogP contribution in [0.2, 0.25) is 0 Å². The van der Waals surface area contributed by atoms with Crippen molar-refractivity contribution in [2.45, 2.75) is 46.1 Å². The Morgan fingerprint density at radius 2 is 1.84 bits per heavy atom. The minimum atomic E-state index is -0.602. The van der Waals surface area contributed by atoms with E-state index in [0.29, 0.717) is 28.6 Å². The lowest BCUT2D eigenvalue weighted by atomic mass is 9.98. The Balaban J connectivity index is 1.67. The average Bonchev–Trinajstić information content (AvgIpc) is 3.37. The van der Waals surface area contributed by atoms with Crippen molar-refractivity contribution in [2.75, 3.05) is 14.2 Å². The van der Waals surface area contributed by atoms with E-state index in [1.807, 2.05) is 55.5 Å². The first-order valence-electron chi connectivity index (χ1n) is 12.5. The van der Waals surface area contributed by atoms with Crippen molar-refractivity contribution >= 4 is 17.2 Å². The first-order valence-corrected chi connectivity index (χ1v) is 12.9. The van der Waals surface area contributed by atoms with Gasteiger partial charge in [0.1, 0.15) is 10.8 Å². The minimum absolute atomic E-state index is 0.0835. The molecule has 2 aromatic heterocycles. The van der Waals surface area contributed by atoms with Gasteiger partial charge < -0.3 is 0 Å². The van der Waals surface area contributed by atoms with Gasteiger partial charge in [0.2, 0.25) is 0 Å². The number of aromatic nitrogens is 4. The number of hydroxylamine groups is 2. The molecule has 0 saturated carbocycles. The van der Waals surface area contributed by atoms with Crippen molar-refractivity contribution in [1.29, 1.82) is 0 Å². The normalized spacial score (nSPS) is 11.1. The molecule has 0 spiro atoms. The lowest BCUT2D eigenvalue weighted by Gasteiger charge is -2.19. The zero-order chi connectivity index (χ0) is 27.2. The van der Waals surface area contributed by atoms with E-state index >= 15 is 0 Å². The zero-order valence-corrected chi connectivity index (χ0v) is 22.8. The van der Waals surface area contributed by atoms with Gasteiger partial charge in [0, 0.05) is 36.7 Å². The van der Waals surface area contributed by atoms with E-state index in [4.69, 9.17) is 22.0 Å². The Hall–Kier alpha value is -3.89. The summed E-state index contributed by atoms with van der Waals surface area (Å²) in [5.41, 5.74) is 4.76. The van der Waals surface area contributed by atoms with E-state index in [1.54, 1.807) is 11.6 Å². The van der Waals surface area contributed by atoms with E-state index in [2.05, 4.69) is 21.6 Å². The Bertz CT molecular complexity index is 1540. The van der Waals surface area contributed by atoms with Gasteiger partial charge in [-0.1, -0.05) is 79.3 Å². The number of nitrogens with one attached hydrogen (secondary N) is 1. The highest BCUT2D eigenvalue weighted by Crippen LogP contribution is 2.30. The van der Waals surface area contributed by atoms with Crippen LogP contribution in [0, 0.1) is 6.92 Å². The smallest absolute Gasteiger partial charge is 0.296 e. The first kappa shape index (κ1) is 27.2. The van der Waals surface area contributed by atoms with E-state index < -0.39 is 5.76 Å². The molecule has 0 bridgehead atoms. The molecule has 4 aromatic rings. The summed E-state index contributed by atoms with van der Waals surface area (Å²) in [4.78, 5) is 38.3. The zero-order valence-electron chi connectivity index (χ0n) is 22.0. The van der Waals surface area contributed by atoms with Crippen LogP contribution in [-0.2, 0) is 24.2 Å². The highest BCUT2D eigenvalue weighted by Gasteiger charge is 2.18. The van der Waals surface area contributed by atoms with Crippen molar-refractivity contribution in [1.82, 2.24) is 24.8 Å². The Morgan fingerprint density at radius 1 is 1.13 bits per heavy atom. The Morgan fingerprint density at radius 3 is 2.47 bits per heavy atom. The Kier molecular flexibility index (Phi) is 8.65. The van der Waals surface area contributed by atoms with Gasteiger partial charge in [-0.3, -0.25) is 28.8 Å². The molecule has 10 heteroatoms. The number of aromatic amines is 1. The maximum absolute atomic E-state index is 13.7. The number of hydrogen-bond donors (Lipinski definition) is 1. The van der Waals surface area contributed by atoms with Crippen LogP contribution in [0.5, 0.6) is 0 Å². The lowest BCUT2D eigenvalue weighted by molar-refractivity contribution is -0.0406. The molecule has 0 saturated heterocycles. The summed E-state index contributed by atoms with van der Waals surface area (Å²) >= 11 is 5.46. The minimum Gasteiger partial charge on any atom is -0.296 e. The standard InChI is InChI=1S/C28H31N5O4S/c1-5-6-11-24-29-18(2)23(16-25(38)32(3)36-4)27(34)33(24)17-19-12-14-20(15-13-19)21-9-7-8-10-22(21)26-30-28(35)37-31-26/h7-10,12-15H,5-6,11,16-17H2,1-4H3,(H,30,31,35). The van der Waals surface area contributed by atoms with E-state index in [-0.39, 0.29) is 12.0 Å². The molecule has 0 radical (unpaired) electrons. The number of nitrogens with zero attached hydrogens (tertiary/aromatic N) is 4. The fourth-order valence-corrected chi connectivity index (χ4v) is 4.49. The lowest BCUT2D eigenvalue weighted by Crippen LogP contribution is -2.34. The number of H-pyrrole nitrogens is 1. The molecule has 9 nitrogen and oxygen atoms in total. The quantitative estimate of drug-likeness (QED) is 0.237. The molecule has 38 heavy (non-hydrogen) atoms. The van der Waals surface area contributed by atoms with Gasteiger partial charge in [0.15, 0.2) is 5.82 Å². The van der Waals surface area contributed by atoms with Crippen molar-refractivity contribution < 1.29 is 9.36 Å². The summed E-state index contributed by atoms with van der Waals surface area (Å²) < 4.78 is 6.45. The second-order valence-corrected chi connectivity index (χ2v) is 9.49. The molecule has 0 aliphatic heterocycles. The van der Waals surface area contributed by atoms with Crippen molar-refractivity contribution in [3.05, 3.63) is 92.1 Å². The first-order chi connectivity index (χ1) is 18.3. The third-order valence-corrected chi connectivity index (χ3v) is 6.88. The molecule has 0 aliphatic rings. The number of aryl methyl sites for hydroxylation is 2. The van der Waals surface area contributed by atoms with Gasteiger partial charge in [0.25, 0.3) is 5.56 Å². The van der Waals surface area contributed by atoms with Gasteiger partial charge in [-0.05, 0) is 30.0 Å². The van der Waals surface area contributed by atoms with Gasteiger partial charge >= 0.3 is 5.76 Å². The number of hydrogen-bond acceptors (Lipinski definition) is 7. The van der Waals surface area contributed by atoms with E-state index in [9.17, 15) is 9.59 Å². The highest BCUT2D eigenvalue weighted by atomic mass is 32.1. The SMILES string of the molecule is CCCCc1nc(C)c(CC(=S)N(C)OC)c(=O)n1Cc1ccc(-c2ccccc2-c2noc(=O)[nH]2)cc1. The summed E-state index contributed by atoms with van der Waals surface area (Å²) in [6.45, 7) is 4.37. The van der Waals surface area contributed by atoms with Crippen LogP contribution in [-0.4, -0.2) is 43.9 Å². The maximum Gasteiger partial charge on any atom is 0.439 e. The molecule has 2 aromatic carbocycles. The van der Waals surface area contributed by atoms with Gasteiger partial charge in [0.05, 0.1) is 13.7 Å². The van der Waals surface area contributed by atoms with Crippen LogP contribution in [0.15, 0.2) is 62.6 Å².